The molecule has 0 atom stereocenters. The lowest BCUT2D eigenvalue weighted by molar-refractivity contribution is -0.140. The molecule has 2 heterocycles. The molecule has 0 aliphatic carbocycles. The molecule has 2 aliphatic rings. The van der Waals surface area contributed by atoms with E-state index in [0.717, 1.165) is 35.2 Å². The summed E-state index contributed by atoms with van der Waals surface area (Å²) in [5, 5.41) is 0. The highest BCUT2D eigenvalue weighted by atomic mass is 32.2. The Labute approximate surface area is 155 Å². The number of hydrogen-bond acceptors (Lipinski definition) is 6. The number of imide groups is 1. The summed E-state index contributed by atoms with van der Waals surface area (Å²) in [6.45, 7) is 1.93. The van der Waals surface area contributed by atoms with E-state index in [1.807, 2.05) is 0 Å². The Hall–Kier alpha value is -1.93. The number of hydrogen-bond donors (Lipinski definition) is 0. The number of amides is 2. The van der Waals surface area contributed by atoms with Crippen LogP contribution in [0, 0.1) is 0 Å². The zero-order chi connectivity index (χ0) is 17.8. The van der Waals surface area contributed by atoms with Gasteiger partial charge >= 0.3 is 5.97 Å². The fourth-order valence-corrected chi connectivity index (χ4v) is 3.90. The van der Waals surface area contributed by atoms with Crippen molar-refractivity contribution >= 4 is 46.1 Å². The highest BCUT2D eigenvalue weighted by molar-refractivity contribution is 8.23. The van der Waals surface area contributed by atoms with Gasteiger partial charge in [-0.25, -0.2) is 0 Å². The summed E-state index contributed by atoms with van der Waals surface area (Å²) in [6.07, 6.45) is 2.26. The van der Waals surface area contributed by atoms with Crippen LogP contribution < -0.4 is 0 Å². The lowest BCUT2D eigenvalue weighted by Gasteiger charge is -2.17. The van der Waals surface area contributed by atoms with Crippen LogP contribution in [0.25, 0.3) is 0 Å². The highest BCUT2D eigenvalue weighted by Gasteiger charge is 2.34. The summed E-state index contributed by atoms with van der Waals surface area (Å²) in [7, 11) is 0. The fraction of sp³-hybridized carbons (Fsp3) is 0.412. The molecule has 2 amide bonds. The SMILES string of the molecule is O=C(CSC(=S)N1CCCC1)OCCN1C(=O)c2ccccc2C1=O. The predicted molar refractivity (Wildman–Crippen MR) is 98.6 cm³/mol. The van der Waals surface area contributed by atoms with Gasteiger partial charge in [-0.15, -0.1) is 0 Å². The van der Waals surface area contributed by atoms with Crippen LogP contribution in [0.1, 0.15) is 33.6 Å². The Morgan fingerprint density at radius 2 is 1.72 bits per heavy atom. The van der Waals surface area contributed by atoms with Crippen molar-refractivity contribution in [3.8, 4) is 0 Å². The van der Waals surface area contributed by atoms with Crippen molar-refractivity contribution in [1.82, 2.24) is 9.80 Å². The first-order valence-electron chi connectivity index (χ1n) is 8.10. The van der Waals surface area contributed by atoms with Crippen LogP contribution in [0.5, 0.6) is 0 Å². The van der Waals surface area contributed by atoms with E-state index >= 15 is 0 Å². The number of carbonyl (C=O) groups is 3. The van der Waals surface area contributed by atoms with Gasteiger partial charge in [-0.05, 0) is 25.0 Å². The van der Waals surface area contributed by atoms with Crippen LogP contribution in [0.3, 0.4) is 0 Å². The molecule has 0 N–H and O–H groups in total. The van der Waals surface area contributed by atoms with E-state index in [-0.39, 0.29) is 30.7 Å². The van der Waals surface area contributed by atoms with Crippen LogP contribution >= 0.6 is 24.0 Å². The van der Waals surface area contributed by atoms with Gasteiger partial charge in [0.15, 0.2) is 0 Å². The largest absolute Gasteiger partial charge is 0.463 e. The third kappa shape index (κ3) is 4.01. The second kappa shape index (κ2) is 7.97. The molecule has 8 heteroatoms. The number of likely N-dealkylation sites (tertiary alicyclic amines) is 1. The first kappa shape index (κ1) is 17.9. The minimum Gasteiger partial charge on any atom is -0.463 e. The Morgan fingerprint density at radius 1 is 1.12 bits per heavy atom. The van der Waals surface area contributed by atoms with E-state index < -0.39 is 5.97 Å². The zero-order valence-corrected chi connectivity index (χ0v) is 15.2. The van der Waals surface area contributed by atoms with Gasteiger partial charge in [0.2, 0.25) is 0 Å². The van der Waals surface area contributed by atoms with Crippen LogP contribution in [0.4, 0.5) is 0 Å². The molecule has 1 fully saturated rings. The molecule has 0 radical (unpaired) electrons. The minimum atomic E-state index is -0.400. The predicted octanol–water partition coefficient (Wildman–Crippen LogP) is 1.94. The molecule has 1 aromatic rings. The van der Waals surface area contributed by atoms with E-state index in [0.29, 0.717) is 11.1 Å². The van der Waals surface area contributed by atoms with Crippen molar-refractivity contribution in [3.05, 3.63) is 35.4 Å². The van der Waals surface area contributed by atoms with Crippen molar-refractivity contribution in [2.45, 2.75) is 12.8 Å². The van der Waals surface area contributed by atoms with E-state index in [9.17, 15) is 14.4 Å². The quantitative estimate of drug-likeness (QED) is 0.441. The van der Waals surface area contributed by atoms with Crippen molar-refractivity contribution in [1.29, 1.82) is 0 Å². The first-order chi connectivity index (χ1) is 12.1. The number of carbonyl (C=O) groups excluding carboxylic acids is 3. The standard InChI is InChI=1S/C17H18N2O4S2/c20-14(11-25-17(24)18-7-3-4-8-18)23-10-9-19-15(21)12-5-1-2-6-13(12)16(19)22/h1-2,5-6H,3-4,7-11H2. The average molecular weight is 378 g/mol. The summed E-state index contributed by atoms with van der Waals surface area (Å²) in [5.74, 6) is -0.956. The van der Waals surface area contributed by atoms with Crippen molar-refractivity contribution < 1.29 is 19.1 Å². The number of benzene rings is 1. The maximum absolute atomic E-state index is 12.2. The Bertz CT molecular complexity index is 681. The first-order valence-corrected chi connectivity index (χ1v) is 9.50. The van der Waals surface area contributed by atoms with Gasteiger partial charge < -0.3 is 9.64 Å². The highest BCUT2D eigenvalue weighted by Crippen LogP contribution is 2.22. The molecule has 1 aromatic carbocycles. The summed E-state index contributed by atoms with van der Waals surface area (Å²) < 4.78 is 5.85. The van der Waals surface area contributed by atoms with Crippen LogP contribution in [-0.4, -0.2) is 63.9 Å². The molecule has 0 aromatic heterocycles. The number of nitrogens with zero attached hydrogens (tertiary/aromatic N) is 2. The molecule has 0 saturated carbocycles. The second-order valence-electron chi connectivity index (χ2n) is 5.78. The molecule has 0 bridgehead atoms. The second-order valence-corrected chi connectivity index (χ2v) is 7.39. The maximum atomic E-state index is 12.2. The molecule has 0 spiro atoms. The van der Waals surface area contributed by atoms with E-state index in [4.69, 9.17) is 17.0 Å². The number of fused-ring (bicyclic) bond motifs is 1. The van der Waals surface area contributed by atoms with Crippen molar-refractivity contribution in [3.63, 3.8) is 0 Å². The molecule has 2 aliphatic heterocycles. The molecule has 0 unspecified atom stereocenters. The number of thioether (sulfide) groups is 1. The fourth-order valence-electron chi connectivity index (χ4n) is 2.85. The van der Waals surface area contributed by atoms with E-state index in [1.54, 1.807) is 24.3 Å². The Morgan fingerprint density at radius 3 is 2.32 bits per heavy atom. The Balaban J connectivity index is 1.41. The van der Waals surface area contributed by atoms with Gasteiger partial charge in [-0.3, -0.25) is 19.3 Å². The number of esters is 1. The maximum Gasteiger partial charge on any atom is 0.316 e. The number of ether oxygens (including phenoxy) is 1. The van der Waals surface area contributed by atoms with E-state index in [1.165, 1.54) is 11.8 Å². The molecular formula is C17H18N2O4S2. The molecule has 132 valence electrons. The summed E-state index contributed by atoms with van der Waals surface area (Å²) in [6, 6.07) is 6.68. The molecule has 25 heavy (non-hydrogen) atoms. The Kier molecular flexibility index (Phi) is 5.70. The van der Waals surface area contributed by atoms with Gasteiger partial charge in [0, 0.05) is 13.1 Å². The monoisotopic (exact) mass is 378 g/mol. The van der Waals surface area contributed by atoms with Crippen LogP contribution in [0.15, 0.2) is 24.3 Å². The van der Waals surface area contributed by atoms with Gasteiger partial charge in [-0.2, -0.15) is 0 Å². The number of thiocarbonyl (C=S) groups is 1. The molecule has 1 saturated heterocycles. The summed E-state index contributed by atoms with van der Waals surface area (Å²) in [5.41, 5.74) is 0.788. The molecule has 6 nitrogen and oxygen atoms in total. The number of rotatable bonds is 5. The lowest BCUT2D eigenvalue weighted by atomic mass is 10.1. The average Bonchev–Trinajstić information content (AvgIpc) is 3.23. The van der Waals surface area contributed by atoms with Crippen molar-refractivity contribution in [2.24, 2.45) is 0 Å². The normalized spacial score (nSPS) is 16.3. The van der Waals surface area contributed by atoms with E-state index in [2.05, 4.69) is 4.90 Å². The van der Waals surface area contributed by atoms with Gasteiger partial charge in [0.25, 0.3) is 11.8 Å². The smallest absolute Gasteiger partial charge is 0.316 e. The molecular weight excluding hydrogens is 360 g/mol. The molecule has 3 rings (SSSR count). The topological polar surface area (TPSA) is 66.9 Å². The van der Waals surface area contributed by atoms with Gasteiger partial charge in [-0.1, -0.05) is 36.1 Å². The zero-order valence-electron chi connectivity index (χ0n) is 13.6. The lowest BCUT2D eigenvalue weighted by Crippen LogP contribution is -2.33. The van der Waals surface area contributed by atoms with Crippen LogP contribution in [-0.2, 0) is 9.53 Å². The minimum absolute atomic E-state index is 0.0126. The van der Waals surface area contributed by atoms with Crippen LogP contribution in [0.2, 0.25) is 0 Å². The van der Waals surface area contributed by atoms with Crippen molar-refractivity contribution in [2.75, 3.05) is 32.0 Å². The van der Waals surface area contributed by atoms with Gasteiger partial charge in [0.1, 0.15) is 10.9 Å². The third-order valence-corrected chi connectivity index (χ3v) is 5.63. The third-order valence-electron chi connectivity index (χ3n) is 4.13. The van der Waals surface area contributed by atoms with Gasteiger partial charge in [0.05, 0.1) is 23.4 Å². The summed E-state index contributed by atoms with van der Waals surface area (Å²) in [4.78, 5) is 39.4. The summed E-state index contributed by atoms with van der Waals surface area (Å²) >= 11 is 6.58.